The van der Waals surface area contributed by atoms with Crippen molar-refractivity contribution in [3.05, 3.63) is 17.6 Å². The molecule has 2 atom stereocenters. The number of aryl methyl sites for hydroxylation is 1. The predicted molar refractivity (Wildman–Crippen MR) is 63.5 cm³/mol. The molecule has 0 unspecified atom stereocenters. The number of rotatable bonds is 2. The predicted octanol–water partition coefficient (Wildman–Crippen LogP) is -0.0721. The average molecular weight is 265 g/mol. The molecule has 0 amide bonds. The third-order valence-electron chi connectivity index (χ3n) is 3.38. The van der Waals surface area contributed by atoms with E-state index in [0.717, 1.165) is 12.8 Å². The van der Waals surface area contributed by atoms with Gasteiger partial charge in [-0.1, -0.05) is 0 Å². The Bertz CT molecular complexity index is 677. The largest absolute Gasteiger partial charge is 0.425 e. The first-order valence-electron chi connectivity index (χ1n) is 6.08. The molecule has 1 aliphatic rings. The lowest BCUT2D eigenvalue weighted by atomic mass is 10.2. The zero-order chi connectivity index (χ0) is 13.6. The van der Waals surface area contributed by atoms with E-state index < -0.39 is 0 Å². The Morgan fingerprint density at radius 2 is 2.32 bits per heavy atom. The Morgan fingerprint density at radius 3 is 3.00 bits per heavy atom. The van der Waals surface area contributed by atoms with Gasteiger partial charge in [0.05, 0.1) is 19.0 Å². The fourth-order valence-corrected chi connectivity index (χ4v) is 2.33. The molecule has 0 saturated carbocycles. The van der Waals surface area contributed by atoms with Crippen LogP contribution in [-0.2, 0) is 4.74 Å². The second kappa shape index (κ2) is 4.32. The number of imidazole rings is 1. The van der Waals surface area contributed by atoms with Gasteiger partial charge in [0.25, 0.3) is 0 Å². The topological polar surface area (TPSA) is 109 Å². The lowest BCUT2D eigenvalue weighted by Gasteiger charge is -2.14. The van der Waals surface area contributed by atoms with Gasteiger partial charge < -0.3 is 15.1 Å². The number of nitrogens with one attached hydrogen (secondary N) is 1. The Morgan fingerprint density at radius 1 is 1.53 bits per heavy atom. The first-order chi connectivity index (χ1) is 9.11. The Labute approximate surface area is 108 Å². The number of ether oxygens (including phenoxy) is 1. The summed E-state index contributed by atoms with van der Waals surface area (Å²) in [5, 5.41) is 26.5. The van der Waals surface area contributed by atoms with Crippen molar-refractivity contribution in [3.8, 4) is 0 Å². The van der Waals surface area contributed by atoms with Crippen LogP contribution in [0.4, 0.5) is 0 Å². The number of hydrogen-bond acceptors (Lipinski definition) is 6. The molecule has 102 valence electrons. The van der Waals surface area contributed by atoms with Crippen LogP contribution < -0.4 is 5.49 Å². The van der Waals surface area contributed by atoms with Crippen LogP contribution in [0.5, 0.6) is 0 Å². The molecule has 19 heavy (non-hydrogen) atoms. The van der Waals surface area contributed by atoms with Gasteiger partial charge in [0.15, 0.2) is 16.7 Å². The minimum absolute atomic E-state index is 0.00405. The van der Waals surface area contributed by atoms with Crippen LogP contribution in [-0.4, -0.2) is 42.3 Å². The van der Waals surface area contributed by atoms with E-state index in [4.69, 9.17) is 15.3 Å². The zero-order valence-corrected chi connectivity index (χ0v) is 10.4. The minimum Gasteiger partial charge on any atom is -0.425 e. The number of aliphatic hydroxyl groups is 1. The van der Waals surface area contributed by atoms with Crippen LogP contribution in [0.25, 0.3) is 11.2 Å². The molecule has 2 aromatic rings. The summed E-state index contributed by atoms with van der Waals surface area (Å²) < 4.78 is 8.12. The highest BCUT2D eigenvalue weighted by atomic mass is 16.5. The van der Waals surface area contributed by atoms with Crippen LogP contribution >= 0.6 is 0 Å². The van der Waals surface area contributed by atoms with Crippen LogP contribution in [0, 0.1) is 12.3 Å². The van der Waals surface area contributed by atoms with Crippen molar-refractivity contribution in [3.63, 3.8) is 0 Å². The van der Waals surface area contributed by atoms with Crippen LogP contribution in [0.2, 0.25) is 0 Å². The molecule has 0 aliphatic carbocycles. The summed E-state index contributed by atoms with van der Waals surface area (Å²) in [5.41, 5.74) is 0.735. The first kappa shape index (κ1) is 12.1. The Balaban J connectivity index is 2.09. The lowest BCUT2D eigenvalue weighted by Crippen LogP contribution is -2.22. The summed E-state index contributed by atoms with van der Waals surface area (Å²) >= 11 is 0. The number of fused-ring (bicyclic) bond motifs is 1. The van der Waals surface area contributed by atoms with Gasteiger partial charge in [0, 0.05) is 0 Å². The molecular formula is C11H15N5O3. The molecule has 0 aromatic carbocycles. The highest BCUT2D eigenvalue weighted by molar-refractivity contribution is 5.69. The van der Waals surface area contributed by atoms with E-state index in [1.807, 2.05) is 0 Å². The summed E-state index contributed by atoms with van der Waals surface area (Å²) in [5.74, 6) is 0.316. The van der Waals surface area contributed by atoms with E-state index in [-0.39, 0.29) is 24.4 Å². The summed E-state index contributed by atoms with van der Waals surface area (Å²) in [6.07, 6.45) is 2.70. The maximum Gasteiger partial charge on any atom is 0.192 e. The Hall–Kier alpha value is -1.93. The average Bonchev–Trinajstić information content (AvgIpc) is 3.01. The zero-order valence-electron chi connectivity index (χ0n) is 10.4. The van der Waals surface area contributed by atoms with Crippen molar-refractivity contribution in [2.45, 2.75) is 32.1 Å². The second-order valence-electron chi connectivity index (χ2n) is 4.62. The first-order valence-corrected chi connectivity index (χ1v) is 6.08. The summed E-state index contributed by atoms with van der Waals surface area (Å²) in [4.78, 5) is 8.35. The van der Waals surface area contributed by atoms with Crippen LogP contribution in [0.3, 0.4) is 0 Å². The molecule has 0 radical (unpaired) electrons. The third-order valence-corrected chi connectivity index (χ3v) is 3.38. The minimum atomic E-state index is -0.233. The van der Waals surface area contributed by atoms with E-state index in [0.29, 0.717) is 21.7 Å². The van der Waals surface area contributed by atoms with Crippen molar-refractivity contribution in [2.24, 2.45) is 0 Å². The monoisotopic (exact) mass is 265 g/mol. The lowest BCUT2D eigenvalue weighted by molar-refractivity contribution is -0.0207. The van der Waals surface area contributed by atoms with Crippen LogP contribution in [0.1, 0.15) is 24.9 Å². The second-order valence-corrected chi connectivity index (χ2v) is 4.62. The maximum absolute atomic E-state index is 9.61. The van der Waals surface area contributed by atoms with Gasteiger partial charge in [-0.2, -0.15) is 4.73 Å². The molecule has 3 N–H and O–H groups in total. The van der Waals surface area contributed by atoms with Crippen molar-refractivity contribution in [1.29, 1.82) is 5.41 Å². The van der Waals surface area contributed by atoms with Gasteiger partial charge in [-0.3, -0.25) is 9.98 Å². The fourth-order valence-electron chi connectivity index (χ4n) is 2.33. The fraction of sp³-hybridized carbons (Fsp3) is 0.545. The molecule has 0 bridgehead atoms. The molecule has 1 fully saturated rings. The molecule has 3 heterocycles. The number of aromatic nitrogens is 4. The van der Waals surface area contributed by atoms with Gasteiger partial charge in [0.1, 0.15) is 12.1 Å². The van der Waals surface area contributed by atoms with Crippen molar-refractivity contribution in [2.75, 3.05) is 6.61 Å². The SMILES string of the molecule is Cc1nc2c(ncn2[C@H]2CC[C@@H](CO)O2)c(=N)n1O. The summed E-state index contributed by atoms with van der Waals surface area (Å²) in [6, 6.07) is 0. The quantitative estimate of drug-likeness (QED) is 0.658. The number of aliphatic hydroxyl groups excluding tert-OH is 1. The molecule has 8 heteroatoms. The molecule has 3 rings (SSSR count). The van der Waals surface area contributed by atoms with Gasteiger partial charge in [-0.25, -0.2) is 9.97 Å². The van der Waals surface area contributed by atoms with E-state index in [1.165, 1.54) is 0 Å². The normalized spacial score (nSPS) is 23.3. The summed E-state index contributed by atoms with van der Waals surface area (Å²) in [6.45, 7) is 1.61. The Kier molecular flexibility index (Phi) is 2.76. The molecule has 1 aliphatic heterocycles. The van der Waals surface area contributed by atoms with Crippen molar-refractivity contribution in [1.82, 2.24) is 19.3 Å². The van der Waals surface area contributed by atoms with E-state index in [1.54, 1.807) is 17.8 Å². The number of nitrogens with zero attached hydrogens (tertiary/aromatic N) is 4. The smallest absolute Gasteiger partial charge is 0.192 e. The van der Waals surface area contributed by atoms with E-state index >= 15 is 0 Å². The van der Waals surface area contributed by atoms with Crippen molar-refractivity contribution >= 4 is 11.2 Å². The molecule has 1 saturated heterocycles. The molecule has 0 spiro atoms. The molecule has 8 nitrogen and oxygen atoms in total. The standard InChI is InChI=1S/C11H15N5O3/c1-6-14-11-9(10(12)16(6)18)13-5-15(11)8-3-2-7(4-17)19-8/h5,7-8,12,17-18H,2-4H2,1H3/t7-,8+/m0/s1. The third kappa shape index (κ3) is 1.80. The highest BCUT2D eigenvalue weighted by Gasteiger charge is 2.27. The maximum atomic E-state index is 9.61. The summed E-state index contributed by atoms with van der Waals surface area (Å²) in [7, 11) is 0. The van der Waals surface area contributed by atoms with Gasteiger partial charge >= 0.3 is 0 Å². The van der Waals surface area contributed by atoms with Gasteiger partial charge in [-0.05, 0) is 19.8 Å². The highest BCUT2D eigenvalue weighted by Crippen LogP contribution is 2.29. The van der Waals surface area contributed by atoms with Gasteiger partial charge in [-0.15, -0.1) is 0 Å². The molecular weight excluding hydrogens is 250 g/mol. The van der Waals surface area contributed by atoms with Crippen molar-refractivity contribution < 1.29 is 15.1 Å². The van der Waals surface area contributed by atoms with E-state index in [2.05, 4.69) is 9.97 Å². The van der Waals surface area contributed by atoms with E-state index in [9.17, 15) is 5.21 Å². The number of hydrogen-bond donors (Lipinski definition) is 3. The van der Waals surface area contributed by atoms with Crippen LogP contribution in [0.15, 0.2) is 6.33 Å². The molecule has 2 aromatic heterocycles. The van der Waals surface area contributed by atoms with Gasteiger partial charge in [0.2, 0.25) is 0 Å².